The van der Waals surface area contributed by atoms with Crippen molar-refractivity contribution < 1.29 is 18.0 Å². The minimum Gasteiger partial charge on any atom is -0.384 e. The van der Waals surface area contributed by atoms with Gasteiger partial charge in [0.25, 0.3) is 0 Å². The molecule has 9 heteroatoms. The van der Waals surface area contributed by atoms with Crippen molar-refractivity contribution in [2.45, 2.75) is 19.0 Å². The van der Waals surface area contributed by atoms with Crippen molar-refractivity contribution >= 4 is 17.5 Å². The van der Waals surface area contributed by atoms with Crippen molar-refractivity contribution in [2.75, 3.05) is 37.3 Å². The maximum absolute atomic E-state index is 12.6. The second kappa shape index (κ2) is 5.74. The van der Waals surface area contributed by atoms with E-state index in [2.05, 4.69) is 9.97 Å². The second-order valence-electron chi connectivity index (χ2n) is 4.92. The van der Waals surface area contributed by atoms with Crippen LogP contribution in [0.15, 0.2) is 6.07 Å². The quantitative estimate of drug-likeness (QED) is 0.906. The summed E-state index contributed by atoms with van der Waals surface area (Å²) in [4.78, 5) is 21.6. The highest BCUT2D eigenvalue weighted by Gasteiger charge is 2.35. The molecule has 0 aromatic carbocycles. The van der Waals surface area contributed by atoms with E-state index < -0.39 is 12.0 Å². The van der Waals surface area contributed by atoms with Crippen LogP contribution in [0.1, 0.15) is 18.7 Å². The lowest BCUT2D eigenvalue weighted by Crippen LogP contribution is -2.37. The highest BCUT2D eigenvalue weighted by Crippen LogP contribution is 2.28. The third-order valence-corrected chi connectivity index (χ3v) is 3.21. The summed E-state index contributed by atoms with van der Waals surface area (Å²) in [6.45, 7) is 1.33. The summed E-state index contributed by atoms with van der Waals surface area (Å²) in [6.07, 6.45) is -2.77. The Bertz CT molecular complexity index is 528. The van der Waals surface area contributed by atoms with E-state index in [0.717, 1.165) is 12.8 Å². The van der Waals surface area contributed by atoms with Crippen LogP contribution in [-0.4, -0.2) is 47.5 Å². The summed E-state index contributed by atoms with van der Waals surface area (Å²) in [5.41, 5.74) is 5.37. The molecule has 0 bridgehead atoms. The Kier molecular flexibility index (Phi) is 4.19. The molecular weight excluding hydrogens is 287 g/mol. The number of carbonyl (C=O) groups excluding carboxylic acids is 1. The van der Waals surface area contributed by atoms with E-state index >= 15 is 0 Å². The van der Waals surface area contributed by atoms with E-state index in [1.54, 1.807) is 4.90 Å². The first-order chi connectivity index (χ1) is 9.77. The van der Waals surface area contributed by atoms with Gasteiger partial charge in [-0.05, 0) is 12.8 Å². The standard InChI is InChI=1S/C12H16F3N5O/c1-19(7-10(21)20-4-2-3-5-20)9-6-8(16)17-11(18-9)12(13,14)15/h6H,2-5,7H2,1H3,(H2,16,17,18). The molecule has 1 aromatic heterocycles. The highest BCUT2D eigenvalue weighted by molar-refractivity contribution is 5.81. The molecule has 1 aliphatic rings. The van der Waals surface area contributed by atoms with Crippen LogP contribution in [0.2, 0.25) is 0 Å². The van der Waals surface area contributed by atoms with E-state index in [-0.39, 0.29) is 24.1 Å². The average Bonchev–Trinajstić information content (AvgIpc) is 2.90. The molecular formula is C12H16F3N5O. The van der Waals surface area contributed by atoms with Gasteiger partial charge < -0.3 is 15.5 Å². The molecule has 1 fully saturated rings. The summed E-state index contributed by atoms with van der Waals surface area (Å²) in [6, 6.07) is 1.21. The third kappa shape index (κ3) is 3.73. The number of carbonyl (C=O) groups is 1. The predicted octanol–water partition coefficient (Wildman–Crippen LogP) is 1.14. The molecule has 2 rings (SSSR count). The van der Waals surface area contributed by atoms with Crippen molar-refractivity contribution in [3.05, 3.63) is 11.9 Å². The Hall–Kier alpha value is -2.06. The number of nitrogen functional groups attached to an aromatic ring is 1. The largest absolute Gasteiger partial charge is 0.451 e. The molecule has 116 valence electrons. The van der Waals surface area contributed by atoms with Gasteiger partial charge in [-0.15, -0.1) is 0 Å². The van der Waals surface area contributed by atoms with Gasteiger partial charge in [0.1, 0.15) is 11.6 Å². The topological polar surface area (TPSA) is 75.4 Å². The lowest BCUT2D eigenvalue weighted by atomic mass is 10.4. The number of nitrogens with zero attached hydrogens (tertiary/aromatic N) is 4. The molecule has 2 heterocycles. The second-order valence-corrected chi connectivity index (χ2v) is 4.92. The summed E-state index contributed by atoms with van der Waals surface area (Å²) in [5.74, 6) is -1.76. The molecule has 0 radical (unpaired) electrons. The fraction of sp³-hybridized carbons (Fsp3) is 0.583. The van der Waals surface area contributed by atoms with Gasteiger partial charge in [0.05, 0.1) is 6.54 Å². The fourth-order valence-corrected chi connectivity index (χ4v) is 2.13. The number of hydrogen-bond donors (Lipinski definition) is 1. The van der Waals surface area contributed by atoms with Gasteiger partial charge in [-0.2, -0.15) is 13.2 Å². The summed E-state index contributed by atoms with van der Waals surface area (Å²) >= 11 is 0. The van der Waals surface area contributed by atoms with Crippen LogP contribution in [-0.2, 0) is 11.0 Å². The van der Waals surface area contributed by atoms with Gasteiger partial charge in [-0.1, -0.05) is 0 Å². The van der Waals surface area contributed by atoms with Crippen LogP contribution in [0.5, 0.6) is 0 Å². The number of likely N-dealkylation sites (N-methyl/N-ethyl adjacent to an activating group) is 1. The molecule has 0 saturated carbocycles. The minimum absolute atomic E-state index is 0.0256. The average molecular weight is 303 g/mol. The summed E-state index contributed by atoms with van der Waals surface area (Å²) in [5, 5.41) is 0. The maximum atomic E-state index is 12.6. The van der Waals surface area contributed by atoms with Crippen molar-refractivity contribution in [3.63, 3.8) is 0 Å². The Balaban J connectivity index is 2.13. The molecule has 6 nitrogen and oxygen atoms in total. The number of halogens is 3. The number of rotatable bonds is 3. The normalized spacial score (nSPS) is 15.3. The van der Waals surface area contributed by atoms with Crippen molar-refractivity contribution in [3.8, 4) is 0 Å². The van der Waals surface area contributed by atoms with E-state index in [4.69, 9.17) is 5.73 Å². The number of anilines is 2. The molecule has 0 spiro atoms. The zero-order valence-electron chi connectivity index (χ0n) is 11.5. The molecule has 2 N–H and O–H groups in total. The van der Waals surface area contributed by atoms with Crippen LogP contribution in [0.25, 0.3) is 0 Å². The highest BCUT2D eigenvalue weighted by atomic mass is 19.4. The summed E-state index contributed by atoms with van der Waals surface area (Å²) in [7, 11) is 1.50. The first kappa shape index (κ1) is 15.3. The maximum Gasteiger partial charge on any atom is 0.451 e. The Morgan fingerprint density at radius 2 is 2.00 bits per heavy atom. The first-order valence-electron chi connectivity index (χ1n) is 6.48. The van der Waals surface area contributed by atoms with E-state index in [1.807, 2.05) is 0 Å². The van der Waals surface area contributed by atoms with Gasteiger partial charge in [-0.25, -0.2) is 9.97 Å². The van der Waals surface area contributed by atoms with Crippen LogP contribution >= 0.6 is 0 Å². The van der Waals surface area contributed by atoms with E-state index in [0.29, 0.717) is 13.1 Å². The first-order valence-corrected chi connectivity index (χ1v) is 6.48. The molecule has 21 heavy (non-hydrogen) atoms. The zero-order valence-corrected chi connectivity index (χ0v) is 11.5. The number of aromatic nitrogens is 2. The van der Waals surface area contributed by atoms with Gasteiger partial charge in [0, 0.05) is 26.2 Å². The molecule has 1 aliphatic heterocycles. The number of likely N-dealkylation sites (tertiary alicyclic amines) is 1. The number of amides is 1. The fourth-order valence-electron chi connectivity index (χ4n) is 2.13. The predicted molar refractivity (Wildman–Crippen MR) is 70.5 cm³/mol. The lowest BCUT2D eigenvalue weighted by molar-refractivity contribution is -0.144. The molecule has 1 amide bonds. The zero-order chi connectivity index (χ0) is 15.6. The minimum atomic E-state index is -4.68. The Morgan fingerprint density at radius 1 is 1.38 bits per heavy atom. The Morgan fingerprint density at radius 3 is 2.57 bits per heavy atom. The summed E-state index contributed by atoms with van der Waals surface area (Å²) < 4.78 is 37.9. The molecule has 0 atom stereocenters. The number of alkyl halides is 3. The number of nitrogens with two attached hydrogens (primary N) is 1. The van der Waals surface area contributed by atoms with Crippen LogP contribution in [0.4, 0.5) is 24.8 Å². The van der Waals surface area contributed by atoms with Gasteiger partial charge >= 0.3 is 6.18 Å². The molecule has 1 saturated heterocycles. The lowest BCUT2D eigenvalue weighted by Gasteiger charge is -2.22. The van der Waals surface area contributed by atoms with Gasteiger partial charge in [0.15, 0.2) is 0 Å². The number of hydrogen-bond acceptors (Lipinski definition) is 5. The van der Waals surface area contributed by atoms with E-state index in [9.17, 15) is 18.0 Å². The Labute approximate surface area is 119 Å². The van der Waals surface area contributed by atoms with Crippen molar-refractivity contribution in [1.82, 2.24) is 14.9 Å². The third-order valence-electron chi connectivity index (χ3n) is 3.21. The molecule has 0 aliphatic carbocycles. The SMILES string of the molecule is CN(CC(=O)N1CCCC1)c1cc(N)nc(C(F)(F)F)n1. The van der Waals surface area contributed by atoms with Crippen LogP contribution in [0, 0.1) is 0 Å². The van der Waals surface area contributed by atoms with Crippen molar-refractivity contribution in [2.24, 2.45) is 0 Å². The smallest absolute Gasteiger partial charge is 0.384 e. The van der Waals surface area contributed by atoms with Crippen LogP contribution in [0.3, 0.4) is 0 Å². The monoisotopic (exact) mass is 303 g/mol. The van der Waals surface area contributed by atoms with Crippen molar-refractivity contribution in [1.29, 1.82) is 0 Å². The van der Waals surface area contributed by atoms with Gasteiger partial charge in [0.2, 0.25) is 11.7 Å². The van der Waals surface area contributed by atoms with Gasteiger partial charge in [-0.3, -0.25) is 4.79 Å². The molecule has 1 aromatic rings. The van der Waals surface area contributed by atoms with Crippen LogP contribution < -0.4 is 10.6 Å². The molecule has 0 unspecified atom stereocenters. The van der Waals surface area contributed by atoms with E-state index in [1.165, 1.54) is 18.0 Å².